The van der Waals surface area contributed by atoms with E-state index in [1.165, 1.54) is 6.07 Å². The molecule has 0 bridgehead atoms. The van der Waals surface area contributed by atoms with Gasteiger partial charge in [-0.15, -0.1) is 0 Å². The van der Waals surface area contributed by atoms with Crippen molar-refractivity contribution in [2.75, 3.05) is 13.4 Å². The van der Waals surface area contributed by atoms with Gasteiger partial charge >= 0.3 is 0 Å². The molecule has 0 fully saturated rings. The predicted octanol–water partition coefficient (Wildman–Crippen LogP) is 3.58. The number of rotatable bonds is 6. The molecule has 0 aliphatic carbocycles. The fourth-order valence-electron chi connectivity index (χ4n) is 3.30. The van der Waals surface area contributed by atoms with Crippen LogP contribution in [0.2, 0.25) is 0 Å². The summed E-state index contributed by atoms with van der Waals surface area (Å²) in [5.74, 6) is 0.00538. The molecule has 0 radical (unpaired) electrons. The van der Waals surface area contributed by atoms with Crippen molar-refractivity contribution in [3.05, 3.63) is 70.2 Å². The lowest BCUT2D eigenvalue weighted by Crippen LogP contribution is -2.30. The highest BCUT2D eigenvalue weighted by Crippen LogP contribution is 2.34. The molecule has 0 aliphatic heterocycles. The highest BCUT2D eigenvalue weighted by Gasteiger charge is 2.17. The van der Waals surface area contributed by atoms with Crippen LogP contribution in [0.5, 0.6) is 5.75 Å². The number of hydrogen-bond donors (Lipinski definition) is 2. The summed E-state index contributed by atoms with van der Waals surface area (Å²) in [4.78, 5) is 20.0. The minimum Gasteiger partial charge on any atom is -0.497 e. The van der Waals surface area contributed by atoms with Crippen molar-refractivity contribution in [1.29, 1.82) is 0 Å². The molecule has 3 heterocycles. The summed E-state index contributed by atoms with van der Waals surface area (Å²) in [7, 11) is -2.03. The quantitative estimate of drug-likeness (QED) is 0.476. The number of pyridine rings is 1. The summed E-state index contributed by atoms with van der Waals surface area (Å²) in [5, 5.41) is 5.11. The summed E-state index contributed by atoms with van der Waals surface area (Å²) in [5.41, 5.74) is 4.74. The third-order valence-corrected chi connectivity index (χ3v) is 5.84. The maximum Gasteiger partial charge on any atom is 0.283 e. The standard InChI is InChI=1S/C21H19N3O4S2/c1-28-15-6-7-16-17(20(23-19(16)11-15)13-8-9-29-12-13)10-14-4-3-5-18(22-14)21(25)24-30(2,26)27/h3-9,11-12,23H,10H2,1-2H3,(H,24,25). The van der Waals surface area contributed by atoms with Crippen molar-refractivity contribution in [2.45, 2.75) is 6.42 Å². The van der Waals surface area contributed by atoms with Gasteiger partial charge in [-0.2, -0.15) is 11.3 Å². The molecule has 1 aromatic carbocycles. The van der Waals surface area contributed by atoms with Gasteiger partial charge in [0.25, 0.3) is 5.91 Å². The topological polar surface area (TPSA) is 101 Å². The zero-order chi connectivity index (χ0) is 21.3. The lowest BCUT2D eigenvalue weighted by atomic mass is 10.0. The van der Waals surface area contributed by atoms with Crippen LogP contribution in [0.3, 0.4) is 0 Å². The molecular weight excluding hydrogens is 422 g/mol. The average molecular weight is 442 g/mol. The van der Waals surface area contributed by atoms with Gasteiger partial charge < -0.3 is 9.72 Å². The number of aromatic amines is 1. The van der Waals surface area contributed by atoms with Crippen LogP contribution in [0.25, 0.3) is 22.2 Å². The SMILES string of the molecule is COc1ccc2c(Cc3cccc(C(=O)NS(C)(=O)=O)n3)c(-c3ccsc3)[nH]c2c1. The predicted molar refractivity (Wildman–Crippen MR) is 118 cm³/mol. The number of benzene rings is 1. The van der Waals surface area contributed by atoms with Crippen molar-refractivity contribution >= 4 is 38.2 Å². The molecule has 0 saturated carbocycles. The number of H-pyrrole nitrogens is 1. The normalized spacial score (nSPS) is 11.5. The number of nitrogens with zero attached hydrogens (tertiary/aromatic N) is 1. The molecule has 1 amide bonds. The Hall–Kier alpha value is -3.17. The highest BCUT2D eigenvalue weighted by molar-refractivity contribution is 7.89. The van der Waals surface area contributed by atoms with Gasteiger partial charge in [-0.3, -0.25) is 4.79 Å². The second-order valence-electron chi connectivity index (χ2n) is 6.80. The first-order valence-corrected chi connectivity index (χ1v) is 11.9. The molecule has 0 atom stereocenters. The number of sulfonamides is 1. The van der Waals surface area contributed by atoms with Gasteiger partial charge in [0.2, 0.25) is 10.0 Å². The largest absolute Gasteiger partial charge is 0.497 e. The fraction of sp³-hybridized carbons (Fsp3) is 0.143. The van der Waals surface area contributed by atoms with Gasteiger partial charge in [0.15, 0.2) is 0 Å². The summed E-state index contributed by atoms with van der Waals surface area (Å²) in [6.07, 6.45) is 1.40. The minimum absolute atomic E-state index is 0.0523. The molecule has 2 N–H and O–H groups in total. The van der Waals surface area contributed by atoms with E-state index in [9.17, 15) is 13.2 Å². The second-order valence-corrected chi connectivity index (χ2v) is 9.32. The van der Waals surface area contributed by atoms with E-state index in [-0.39, 0.29) is 5.69 Å². The number of amides is 1. The second kappa shape index (κ2) is 7.92. The molecule has 9 heteroatoms. The first-order chi connectivity index (χ1) is 14.3. The number of carbonyl (C=O) groups excluding carboxylic acids is 1. The number of hydrogen-bond acceptors (Lipinski definition) is 6. The molecule has 7 nitrogen and oxygen atoms in total. The number of carbonyl (C=O) groups is 1. The Morgan fingerprint density at radius 3 is 2.77 bits per heavy atom. The Morgan fingerprint density at radius 1 is 1.23 bits per heavy atom. The summed E-state index contributed by atoms with van der Waals surface area (Å²) >= 11 is 1.61. The van der Waals surface area contributed by atoms with Gasteiger partial charge in [0.1, 0.15) is 11.4 Å². The molecule has 0 unspecified atom stereocenters. The summed E-state index contributed by atoms with van der Waals surface area (Å²) < 4.78 is 30.0. The van der Waals surface area contributed by atoms with E-state index in [0.29, 0.717) is 12.1 Å². The van der Waals surface area contributed by atoms with Crippen LogP contribution >= 0.6 is 11.3 Å². The molecule has 3 aromatic heterocycles. The van der Waals surface area contributed by atoms with E-state index < -0.39 is 15.9 Å². The van der Waals surface area contributed by atoms with Gasteiger partial charge in [-0.1, -0.05) is 6.07 Å². The first-order valence-electron chi connectivity index (χ1n) is 9.03. The van der Waals surface area contributed by atoms with Gasteiger partial charge in [0.05, 0.1) is 19.1 Å². The van der Waals surface area contributed by atoms with Crippen molar-refractivity contribution in [3.8, 4) is 17.0 Å². The zero-order valence-electron chi connectivity index (χ0n) is 16.3. The molecule has 0 aliphatic rings. The van der Waals surface area contributed by atoms with E-state index in [1.54, 1.807) is 24.5 Å². The van der Waals surface area contributed by atoms with E-state index in [2.05, 4.69) is 15.3 Å². The van der Waals surface area contributed by atoms with E-state index in [4.69, 9.17) is 4.74 Å². The monoisotopic (exact) mass is 441 g/mol. The minimum atomic E-state index is -3.66. The van der Waals surface area contributed by atoms with Crippen LogP contribution in [0.15, 0.2) is 53.2 Å². The molecule has 30 heavy (non-hydrogen) atoms. The fourth-order valence-corrected chi connectivity index (χ4v) is 4.39. The summed E-state index contributed by atoms with van der Waals surface area (Å²) in [6.45, 7) is 0. The average Bonchev–Trinajstić information content (AvgIpc) is 3.35. The van der Waals surface area contributed by atoms with Gasteiger partial charge in [-0.05, 0) is 41.3 Å². The number of ether oxygens (including phenoxy) is 1. The Bertz CT molecular complexity index is 1330. The smallest absolute Gasteiger partial charge is 0.283 e. The van der Waals surface area contributed by atoms with Crippen LogP contribution in [-0.4, -0.2) is 37.7 Å². The van der Waals surface area contributed by atoms with Crippen molar-refractivity contribution < 1.29 is 17.9 Å². The number of methoxy groups -OCH3 is 1. The lowest BCUT2D eigenvalue weighted by Gasteiger charge is -2.07. The molecule has 0 saturated heterocycles. The van der Waals surface area contributed by atoms with Crippen molar-refractivity contribution in [3.63, 3.8) is 0 Å². The maximum atomic E-state index is 12.2. The Kier molecular flexibility index (Phi) is 5.31. The van der Waals surface area contributed by atoms with Crippen LogP contribution in [0.4, 0.5) is 0 Å². The number of fused-ring (bicyclic) bond motifs is 1. The number of thiophene rings is 1. The van der Waals surface area contributed by atoms with Crippen LogP contribution in [0.1, 0.15) is 21.7 Å². The van der Waals surface area contributed by atoms with Crippen LogP contribution in [-0.2, 0) is 16.4 Å². The van der Waals surface area contributed by atoms with E-state index in [0.717, 1.165) is 39.7 Å². The maximum absolute atomic E-state index is 12.2. The Labute approximate surface area is 177 Å². The molecule has 4 rings (SSSR count). The third kappa shape index (κ3) is 4.22. The lowest BCUT2D eigenvalue weighted by molar-refractivity contribution is 0.0976. The third-order valence-electron chi connectivity index (χ3n) is 4.60. The number of aromatic nitrogens is 2. The van der Waals surface area contributed by atoms with Crippen LogP contribution < -0.4 is 9.46 Å². The Balaban J connectivity index is 1.76. The molecule has 0 spiro atoms. The molecule has 4 aromatic rings. The van der Waals surface area contributed by atoms with Gasteiger partial charge in [0, 0.05) is 40.0 Å². The van der Waals surface area contributed by atoms with E-state index in [1.807, 2.05) is 40.4 Å². The number of nitrogens with one attached hydrogen (secondary N) is 2. The van der Waals surface area contributed by atoms with Crippen molar-refractivity contribution in [1.82, 2.24) is 14.7 Å². The van der Waals surface area contributed by atoms with E-state index >= 15 is 0 Å². The van der Waals surface area contributed by atoms with Gasteiger partial charge in [-0.25, -0.2) is 18.1 Å². The van der Waals surface area contributed by atoms with Crippen molar-refractivity contribution in [2.24, 2.45) is 0 Å². The zero-order valence-corrected chi connectivity index (χ0v) is 17.9. The first kappa shape index (κ1) is 20.1. The highest BCUT2D eigenvalue weighted by atomic mass is 32.2. The summed E-state index contributed by atoms with van der Waals surface area (Å²) in [6, 6.07) is 12.9. The van der Waals surface area contributed by atoms with Crippen LogP contribution in [0, 0.1) is 0 Å². The Morgan fingerprint density at radius 2 is 2.07 bits per heavy atom. The molecule has 154 valence electrons. The molecular formula is C21H19N3O4S2.